The van der Waals surface area contributed by atoms with Crippen LogP contribution in [0.2, 0.25) is 0 Å². The van der Waals surface area contributed by atoms with Crippen LogP contribution in [0.4, 0.5) is 0 Å². The molecule has 1 fully saturated rings. The number of amides is 3. The molecule has 8 nitrogen and oxygen atoms in total. The third kappa shape index (κ3) is 4.18. The summed E-state index contributed by atoms with van der Waals surface area (Å²) in [5.74, 6) is -0.0354. The molecule has 1 aromatic heterocycles. The van der Waals surface area contributed by atoms with Gasteiger partial charge in [0.25, 0.3) is 5.91 Å². The van der Waals surface area contributed by atoms with Crippen LogP contribution >= 0.6 is 0 Å². The molecule has 2 N–H and O–H groups in total. The van der Waals surface area contributed by atoms with E-state index < -0.39 is 11.9 Å². The van der Waals surface area contributed by atoms with Crippen LogP contribution in [0.1, 0.15) is 47.4 Å². The second kappa shape index (κ2) is 9.19. The van der Waals surface area contributed by atoms with Gasteiger partial charge in [-0.25, -0.2) is 5.48 Å². The number of hydroxylamine groups is 1. The Morgan fingerprint density at radius 3 is 2.54 bits per heavy atom. The van der Waals surface area contributed by atoms with E-state index in [0.717, 1.165) is 34.1 Å². The van der Waals surface area contributed by atoms with E-state index in [-0.39, 0.29) is 18.4 Å². The van der Waals surface area contributed by atoms with Gasteiger partial charge < -0.3 is 14.4 Å². The number of hydrogen-bond donors (Lipinski definition) is 2. The molecule has 0 aliphatic carbocycles. The summed E-state index contributed by atoms with van der Waals surface area (Å²) in [6.45, 7) is 5.98. The SMILES string of the molecule is CC(C)CCN1CC(=O)N2Cc3c(c4ccccc4n3Cc3ccc(C(=O)NO)cc3)CC2C1=O. The van der Waals surface area contributed by atoms with Gasteiger partial charge in [-0.15, -0.1) is 0 Å². The van der Waals surface area contributed by atoms with Gasteiger partial charge in [0.05, 0.1) is 13.1 Å². The maximum atomic E-state index is 13.3. The highest BCUT2D eigenvalue weighted by Crippen LogP contribution is 2.35. The van der Waals surface area contributed by atoms with Crippen molar-refractivity contribution in [3.63, 3.8) is 0 Å². The van der Waals surface area contributed by atoms with E-state index in [1.165, 1.54) is 0 Å². The van der Waals surface area contributed by atoms with Crippen molar-refractivity contribution in [3.05, 3.63) is 70.9 Å². The van der Waals surface area contributed by atoms with Crippen LogP contribution in [0, 0.1) is 5.92 Å². The molecule has 0 spiro atoms. The summed E-state index contributed by atoms with van der Waals surface area (Å²) >= 11 is 0. The molecule has 0 bridgehead atoms. The average Bonchev–Trinajstić information content (AvgIpc) is 3.17. The Labute approximate surface area is 204 Å². The first-order valence-corrected chi connectivity index (χ1v) is 12.1. The Kier molecular flexibility index (Phi) is 6.06. The van der Waals surface area contributed by atoms with Crippen LogP contribution in [0.15, 0.2) is 48.5 Å². The molecule has 0 saturated carbocycles. The Morgan fingerprint density at radius 1 is 1.09 bits per heavy atom. The molecule has 2 aromatic carbocycles. The van der Waals surface area contributed by atoms with Crippen LogP contribution in [0.5, 0.6) is 0 Å². The maximum Gasteiger partial charge on any atom is 0.274 e. The van der Waals surface area contributed by atoms with Crippen molar-refractivity contribution < 1.29 is 19.6 Å². The molecule has 2 aliphatic rings. The number of para-hydroxylation sites is 1. The summed E-state index contributed by atoms with van der Waals surface area (Å²) in [7, 11) is 0. The zero-order valence-corrected chi connectivity index (χ0v) is 20.0. The third-order valence-electron chi connectivity index (χ3n) is 7.17. The molecule has 5 rings (SSSR count). The minimum Gasteiger partial charge on any atom is -0.338 e. The number of piperazine rings is 1. The predicted molar refractivity (Wildman–Crippen MR) is 131 cm³/mol. The average molecular weight is 475 g/mol. The Bertz CT molecular complexity index is 1290. The normalized spacial score (nSPS) is 17.7. The summed E-state index contributed by atoms with van der Waals surface area (Å²) in [6, 6.07) is 14.8. The fourth-order valence-corrected chi connectivity index (χ4v) is 5.23. The lowest BCUT2D eigenvalue weighted by molar-refractivity contribution is -0.157. The molecular formula is C27H30N4O4. The smallest absolute Gasteiger partial charge is 0.274 e. The quantitative estimate of drug-likeness (QED) is 0.424. The first-order valence-electron chi connectivity index (χ1n) is 12.1. The van der Waals surface area contributed by atoms with Gasteiger partial charge in [-0.2, -0.15) is 0 Å². The fraction of sp³-hybridized carbons (Fsp3) is 0.370. The van der Waals surface area contributed by atoms with Crippen LogP contribution in [0.3, 0.4) is 0 Å². The highest BCUT2D eigenvalue weighted by atomic mass is 16.5. The van der Waals surface area contributed by atoms with Crippen LogP contribution in [0.25, 0.3) is 10.9 Å². The molecule has 8 heteroatoms. The summed E-state index contributed by atoms with van der Waals surface area (Å²) in [4.78, 5) is 41.6. The first kappa shape index (κ1) is 23.1. The van der Waals surface area contributed by atoms with E-state index in [2.05, 4.69) is 30.5 Å². The number of aromatic nitrogens is 1. The Hall–Kier alpha value is -3.65. The lowest BCUT2D eigenvalue weighted by Gasteiger charge is -2.43. The number of benzene rings is 2. The lowest BCUT2D eigenvalue weighted by Crippen LogP contribution is -2.61. The van der Waals surface area contributed by atoms with E-state index in [9.17, 15) is 14.4 Å². The van der Waals surface area contributed by atoms with Gasteiger partial charge >= 0.3 is 0 Å². The predicted octanol–water partition coefficient (Wildman–Crippen LogP) is 2.95. The van der Waals surface area contributed by atoms with Crippen molar-refractivity contribution in [3.8, 4) is 0 Å². The summed E-state index contributed by atoms with van der Waals surface area (Å²) in [6.07, 6.45) is 1.40. The minimum atomic E-state index is -0.554. The largest absolute Gasteiger partial charge is 0.338 e. The van der Waals surface area contributed by atoms with Gasteiger partial charge in [0, 0.05) is 41.7 Å². The van der Waals surface area contributed by atoms with E-state index in [1.807, 2.05) is 24.3 Å². The zero-order valence-electron chi connectivity index (χ0n) is 20.0. The topological polar surface area (TPSA) is 94.9 Å². The van der Waals surface area contributed by atoms with E-state index >= 15 is 0 Å². The molecule has 182 valence electrons. The van der Waals surface area contributed by atoms with Crippen molar-refractivity contribution in [2.75, 3.05) is 13.1 Å². The monoisotopic (exact) mass is 474 g/mol. The molecule has 1 unspecified atom stereocenters. The lowest BCUT2D eigenvalue weighted by atomic mass is 9.93. The summed E-state index contributed by atoms with van der Waals surface area (Å²) in [5, 5.41) is 9.97. The maximum absolute atomic E-state index is 13.3. The highest BCUT2D eigenvalue weighted by Gasteiger charge is 2.43. The van der Waals surface area contributed by atoms with E-state index in [4.69, 9.17) is 5.21 Å². The first-order chi connectivity index (χ1) is 16.9. The van der Waals surface area contributed by atoms with Gasteiger partial charge in [-0.1, -0.05) is 44.2 Å². The highest BCUT2D eigenvalue weighted by molar-refractivity contribution is 5.97. The molecule has 1 atom stereocenters. The number of carbonyl (C=O) groups excluding carboxylic acids is 3. The third-order valence-corrected chi connectivity index (χ3v) is 7.17. The Morgan fingerprint density at radius 2 is 1.83 bits per heavy atom. The standard InChI is InChI=1S/C27H30N4O4/c1-17(2)11-12-29-16-25(32)31-15-24-21(13-23(31)27(29)34)20-5-3-4-6-22(20)30(24)14-18-7-9-19(10-8-18)26(33)28-35/h3-10,17,23,35H,11-16H2,1-2H3,(H,28,33). The second-order valence-corrected chi connectivity index (χ2v) is 9.85. The number of rotatable bonds is 6. The molecule has 3 amide bonds. The number of nitrogens with zero attached hydrogens (tertiary/aromatic N) is 3. The number of fused-ring (bicyclic) bond motifs is 4. The number of nitrogens with one attached hydrogen (secondary N) is 1. The van der Waals surface area contributed by atoms with Crippen molar-refractivity contribution in [2.24, 2.45) is 5.92 Å². The summed E-state index contributed by atoms with van der Waals surface area (Å²) < 4.78 is 2.21. The van der Waals surface area contributed by atoms with Crippen LogP contribution in [-0.2, 0) is 29.1 Å². The van der Waals surface area contributed by atoms with Gasteiger partial charge in [-0.05, 0) is 41.7 Å². The van der Waals surface area contributed by atoms with Crippen LogP contribution < -0.4 is 5.48 Å². The molecule has 0 radical (unpaired) electrons. The summed E-state index contributed by atoms with van der Waals surface area (Å²) in [5.41, 5.74) is 6.26. The van der Waals surface area contributed by atoms with Gasteiger partial charge in [0.15, 0.2) is 0 Å². The minimum absolute atomic E-state index is 0.000168. The van der Waals surface area contributed by atoms with E-state index in [0.29, 0.717) is 37.5 Å². The molecule has 3 aromatic rings. The fourth-order valence-electron chi connectivity index (χ4n) is 5.23. The number of hydrogen-bond acceptors (Lipinski definition) is 4. The molecule has 2 aliphatic heterocycles. The van der Waals surface area contributed by atoms with Gasteiger partial charge in [0.1, 0.15) is 6.04 Å². The van der Waals surface area contributed by atoms with Crippen molar-refractivity contribution in [1.82, 2.24) is 19.8 Å². The molecule has 1 saturated heterocycles. The Balaban J connectivity index is 1.49. The molecular weight excluding hydrogens is 444 g/mol. The van der Waals surface area contributed by atoms with Gasteiger partial charge in [-0.3, -0.25) is 19.6 Å². The molecule has 35 heavy (non-hydrogen) atoms. The molecule has 3 heterocycles. The van der Waals surface area contributed by atoms with Crippen molar-refractivity contribution in [1.29, 1.82) is 0 Å². The number of carbonyl (C=O) groups is 3. The zero-order chi connectivity index (χ0) is 24.7. The van der Waals surface area contributed by atoms with E-state index in [1.54, 1.807) is 27.4 Å². The van der Waals surface area contributed by atoms with Crippen molar-refractivity contribution >= 4 is 28.6 Å². The second-order valence-electron chi connectivity index (χ2n) is 9.85. The van der Waals surface area contributed by atoms with Gasteiger partial charge in [0.2, 0.25) is 11.8 Å². The van der Waals surface area contributed by atoms with Crippen molar-refractivity contribution in [2.45, 2.75) is 45.8 Å². The van der Waals surface area contributed by atoms with Crippen LogP contribution in [-0.4, -0.2) is 56.4 Å².